The maximum absolute atomic E-state index is 12.6. The third-order valence-electron chi connectivity index (χ3n) is 4.39. The highest BCUT2D eigenvalue weighted by Gasteiger charge is 2.36. The summed E-state index contributed by atoms with van der Waals surface area (Å²) in [4.78, 5) is 26.6. The average Bonchev–Trinajstić information content (AvgIpc) is 3.27. The van der Waals surface area contributed by atoms with Crippen molar-refractivity contribution in [1.82, 2.24) is 10.2 Å². The summed E-state index contributed by atoms with van der Waals surface area (Å²) in [6.45, 7) is 4.56. The van der Waals surface area contributed by atoms with Crippen LogP contribution in [0.5, 0.6) is 5.75 Å². The predicted octanol–water partition coefficient (Wildman–Crippen LogP) is 3.43. The number of benzene rings is 1. The molecule has 3 rings (SSSR count). The van der Waals surface area contributed by atoms with Gasteiger partial charge in [-0.05, 0) is 18.6 Å². The minimum absolute atomic E-state index is 0.0927. The van der Waals surface area contributed by atoms with Gasteiger partial charge in [-0.3, -0.25) is 9.59 Å². The molecule has 0 bridgehead atoms. The molecule has 0 unspecified atom stereocenters. The van der Waals surface area contributed by atoms with E-state index < -0.39 is 5.92 Å². The SMILES string of the molecule is CC[C@@H](C)Sc1nnc(NC(=O)[C@H]2CC(=O)N(c3ccccc3OC)C2)s1. The molecule has 1 aromatic carbocycles. The third kappa shape index (κ3) is 4.59. The number of carbonyl (C=O) groups is 2. The number of ether oxygens (including phenoxy) is 1. The first kappa shape index (κ1) is 19.6. The number of nitrogens with one attached hydrogen (secondary N) is 1. The Bertz CT molecular complexity index is 826. The Morgan fingerprint density at radius 3 is 2.96 bits per heavy atom. The third-order valence-corrected chi connectivity index (χ3v) is 6.58. The highest BCUT2D eigenvalue weighted by Crippen LogP contribution is 2.34. The van der Waals surface area contributed by atoms with Gasteiger partial charge in [0.25, 0.3) is 0 Å². The number of nitrogens with zero attached hydrogens (tertiary/aromatic N) is 3. The minimum Gasteiger partial charge on any atom is -0.495 e. The highest BCUT2D eigenvalue weighted by atomic mass is 32.2. The molecule has 1 aromatic heterocycles. The van der Waals surface area contributed by atoms with Crippen molar-refractivity contribution in [2.45, 2.75) is 36.3 Å². The molecule has 144 valence electrons. The van der Waals surface area contributed by atoms with Crippen LogP contribution >= 0.6 is 23.1 Å². The molecule has 2 aromatic rings. The molecule has 1 fully saturated rings. The van der Waals surface area contributed by atoms with Gasteiger partial charge in [-0.2, -0.15) is 0 Å². The Hall–Kier alpha value is -2.13. The van der Waals surface area contributed by atoms with Gasteiger partial charge >= 0.3 is 0 Å². The normalized spacial score (nSPS) is 17.8. The molecule has 2 amide bonds. The highest BCUT2D eigenvalue weighted by molar-refractivity contribution is 8.01. The Balaban J connectivity index is 1.64. The zero-order chi connectivity index (χ0) is 19.4. The van der Waals surface area contributed by atoms with E-state index in [0.717, 1.165) is 10.8 Å². The van der Waals surface area contributed by atoms with Crippen LogP contribution < -0.4 is 15.0 Å². The molecule has 27 heavy (non-hydrogen) atoms. The molecule has 1 N–H and O–H groups in total. The second-order valence-electron chi connectivity index (χ2n) is 6.28. The van der Waals surface area contributed by atoms with Crippen LogP contribution in [-0.2, 0) is 9.59 Å². The van der Waals surface area contributed by atoms with Gasteiger partial charge in [0, 0.05) is 18.2 Å². The molecule has 9 heteroatoms. The number of amides is 2. The van der Waals surface area contributed by atoms with Crippen LogP contribution in [0.2, 0.25) is 0 Å². The lowest BCUT2D eigenvalue weighted by atomic mass is 10.1. The minimum atomic E-state index is -0.433. The van der Waals surface area contributed by atoms with Crippen LogP contribution in [0.4, 0.5) is 10.8 Å². The number of methoxy groups -OCH3 is 1. The van der Waals surface area contributed by atoms with Crippen molar-refractivity contribution >= 4 is 45.7 Å². The van der Waals surface area contributed by atoms with Crippen molar-refractivity contribution in [3.8, 4) is 5.75 Å². The number of para-hydroxylation sites is 2. The van der Waals surface area contributed by atoms with Crippen molar-refractivity contribution < 1.29 is 14.3 Å². The van der Waals surface area contributed by atoms with Gasteiger partial charge in [0.15, 0.2) is 4.34 Å². The molecule has 7 nitrogen and oxygen atoms in total. The Morgan fingerprint density at radius 2 is 2.22 bits per heavy atom. The molecule has 1 aliphatic heterocycles. The summed E-state index contributed by atoms with van der Waals surface area (Å²) in [6.07, 6.45) is 1.20. The van der Waals surface area contributed by atoms with E-state index >= 15 is 0 Å². The molecule has 2 atom stereocenters. The number of hydrogen-bond donors (Lipinski definition) is 1. The van der Waals surface area contributed by atoms with Crippen molar-refractivity contribution in [2.24, 2.45) is 5.92 Å². The maximum atomic E-state index is 12.6. The molecule has 0 saturated carbocycles. The summed E-state index contributed by atoms with van der Waals surface area (Å²) >= 11 is 3.00. The largest absolute Gasteiger partial charge is 0.495 e. The number of rotatable bonds is 7. The lowest BCUT2D eigenvalue weighted by molar-refractivity contribution is -0.122. The number of carbonyl (C=O) groups excluding carboxylic acids is 2. The fourth-order valence-electron chi connectivity index (χ4n) is 2.74. The van der Waals surface area contributed by atoms with Gasteiger partial charge in [-0.1, -0.05) is 49.1 Å². The van der Waals surface area contributed by atoms with Crippen LogP contribution in [-0.4, -0.2) is 40.9 Å². The molecule has 1 aliphatic rings. The van der Waals surface area contributed by atoms with Crippen molar-refractivity contribution in [2.75, 3.05) is 23.9 Å². The van der Waals surface area contributed by atoms with E-state index in [0.29, 0.717) is 28.4 Å². The molecule has 0 spiro atoms. The van der Waals surface area contributed by atoms with E-state index in [4.69, 9.17) is 4.74 Å². The van der Waals surface area contributed by atoms with Gasteiger partial charge in [0.2, 0.25) is 16.9 Å². The maximum Gasteiger partial charge on any atom is 0.231 e. The van der Waals surface area contributed by atoms with E-state index in [1.165, 1.54) is 11.3 Å². The lowest BCUT2D eigenvalue weighted by Crippen LogP contribution is -2.28. The van der Waals surface area contributed by atoms with Crippen LogP contribution in [0.3, 0.4) is 0 Å². The lowest BCUT2D eigenvalue weighted by Gasteiger charge is -2.19. The van der Waals surface area contributed by atoms with Gasteiger partial charge in [0.05, 0.1) is 18.7 Å². The fourth-order valence-corrected chi connectivity index (χ4v) is 4.74. The number of thioether (sulfide) groups is 1. The number of anilines is 2. The molecule has 0 radical (unpaired) electrons. The fraction of sp³-hybridized carbons (Fsp3) is 0.444. The standard InChI is InChI=1S/C18H22N4O3S2/c1-4-11(2)26-18-21-20-17(27-18)19-16(24)12-9-15(23)22(10-12)13-7-5-6-8-14(13)25-3/h5-8,11-12H,4,9-10H2,1-3H3,(H,19,20,24)/t11-,12+/m1/s1. The molecular formula is C18H22N4O3S2. The molecular weight excluding hydrogens is 384 g/mol. The van der Waals surface area contributed by atoms with Crippen molar-refractivity contribution in [3.05, 3.63) is 24.3 Å². The summed E-state index contributed by atoms with van der Waals surface area (Å²) in [7, 11) is 1.56. The van der Waals surface area contributed by atoms with Crippen LogP contribution in [0.25, 0.3) is 0 Å². The molecule has 1 saturated heterocycles. The molecule has 2 heterocycles. The number of hydrogen-bond acceptors (Lipinski definition) is 7. The predicted molar refractivity (Wildman–Crippen MR) is 108 cm³/mol. The quantitative estimate of drug-likeness (QED) is 0.560. The molecule has 0 aliphatic carbocycles. The second kappa shape index (κ2) is 8.71. The Labute approximate surface area is 166 Å². The first-order valence-electron chi connectivity index (χ1n) is 8.76. The van der Waals surface area contributed by atoms with Gasteiger partial charge in [-0.15, -0.1) is 10.2 Å². The first-order chi connectivity index (χ1) is 13.0. The van der Waals surface area contributed by atoms with E-state index in [9.17, 15) is 9.59 Å². The van der Waals surface area contributed by atoms with Crippen LogP contribution in [0.1, 0.15) is 26.7 Å². The van der Waals surface area contributed by atoms with Crippen molar-refractivity contribution in [1.29, 1.82) is 0 Å². The monoisotopic (exact) mass is 406 g/mol. The number of aromatic nitrogens is 2. The average molecular weight is 407 g/mol. The van der Waals surface area contributed by atoms with E-state index in [1.807, 2.05) is 18.2 Å². The zero-order valence-electron chi connectivity index (χ0n) is 15.5. The summed E-state index contributed by atoms with van der Waals surface area (Å²) in [5.74, 6) is -0.123. The summed E-state index contributed by atoms with van der Waals surface area (Å²) in [6, 6.07) is 7.31. The zero-order valence-corrected chi connectivity index (χ0v) is 17.1. The van der Waals surface area contributed by atoms with Gasteiger partial charge in [-0.25, -0.2) is 0 Å². The van der Waals surface area contributed by atoms with Gasteiger partial charge < -0.3 is 15.0 Å². The summed E-state index contributed by atoms with van der Waals surface area (Å²) in [5.41, 5.74) is 0.684. The topological polar surface area (TPSA) is 84.4 Å². The smallest absolute Gasteiger partial charge is 0.231 e. The van der Waals surface area contributed by atoms with Crippen molar-refractivity contribution in [3.63, 3.8) is 0 Å². The van der Waals surface area contributed by atoms with E-state index in [2.05, 4.69) is 29.4 Å². The Kier molecular flexibility index (Phi) is 6.33. The Morgan fingerprint density at radius 1 is 1.44 bits per heavy atom. The second-order valence-corrected chi connectivity index (χ2v) is 8.94. The summed E-state index contributed by atoms with van der Waals surface area (Å²) in [5, 5.41) is 11.9. The van der Waals surface area contributed by atoms with Crippen LogP contribution in [0.15, 0.2) is 28.6 Å². The van der Waals surface area contributed by atoms with Crippen LogP contribution in [0, 0.1) is 5.92 Å². The summed E-state index contributed by atoms with van der Waals surface area (Å²) < 4.78 is 6.16. The van der Waals surface area contributed by atoms with E-state index in [1.54, 1.807) is 29.8 Å². The first-order valence-corrected chi connectivity index (χ1v) is 10.5. The van der Waals surface area contributed by atoms with E-state index in [-0.39, 0.29) is 18.2 Å². The van der Waals surface area contributed by atoms with Gasteiger partial charge in [0.1, 0.15) is 5.75 Å².